The largest absolute Gasteiger partial charge is 0.467 e. The topological polar surface area (TPSA) is 77.8 Å². The fourth-order valence-corrected chi connectivity index (χ4v) is 3.43. The van der Waals surface area contributed by atoms with Crippen LogP contribution in [-0.2, 0) is 6.54 Å². The summed E-state index contributed by atoms with van der Waals surface area (Å²) in [5.74, 6) is 0.460. The first kappa shape index (κ1) is 19.6. The molecule has 0 atom stereocenters. The van der Waals surface area contributed by atoms with E-state index in [0.29, 0.717) is 36.6 Å². The van der Waals surface area contributed by atoms with Crippen LogP contribution in [0.1, 0.15) is 16.1 Å². The zero-order valence-electron chi connectivity index (χ0n) is 16.6. The predicted octanol–water partition coefficient (Wildman–Crippen LogP) is 3.56. The van der Waals surface area contributed by atoms with Crippen LogP contribution in [0.3, 0.4) is 0 Å². The molecule has 3 aromatic rings. The number of benzene rings is 2. The van der Waals surface area contributed by atoms with Crippen LogP contribution >= 0.6 is 0 Å². The van der Waals surface area contributed by atoms with Crippen molar-refractivity contribution in [3.63, 3.8) is 0 Å². The van der Waals surface area contributed by atoms with E-state index >= 15 is 0 Å². The number of anilines is 2. The van der Waals surface area contributed by atoms with Crippen molar-refractivity contribution in [2.45, 2.75) is 6.54 Å². The van der Waals surface area contributed by atoms with Crippen molar-refractivity contribution in [3.05, 3.63) is 84.3 Å². The summed E-state index contributed by atoms with van der Waals surface area (Å²) in [7, 11) is 0. The minimum absolute atomic E-state index is 0.157. The van der Waals surface area contributed by atoms with Crippen LogP contribution in [-0.4, -0.2) is 43.0 Å². The molecule has 0 saturated carbocycles. The monoisotopic (exact) mass is 404 g/mol. The van der Waals surface area contributed by atoms with Crippen molar-refractivity contribution in [2.75, 3.05) is 36.4 Å². The van der Waals surface area contributed by atoms with E-state index in [1.165, 1.54) is 5.69 Å². The van der Waals surface area contributed by atoms with E-state index in [0.717, 1.165) is 13.1 Å². The molecule has 30 heavy (non-hydrogen) atoms. The van der Waals surface area contributed by atoms with Crippen LogP contribution < -0.4 is 15.5 Å². The van der Waals surface area contributed by atoms with E-state index in [9.17, 15) is 9.59 Å². The second kappa shape index (κ2) is 9.17. The van der Waals surface area contributed by atoms with E-state index in [1.807, 2.05) is 18.2 Å². The Morgan fingerprint density at radius 3 is 2.43 bits per heavy atom. The molecule has 2 heterocycles. The SMILES string of the molecule is O=C(NCc1ccco1)c1cccc(NC(=O)N2CCN(c3ccccc3)CC2)c1. The molecule has 0 radical (unpaired) electrons. The molecule has 0 unspecified atom stereocenters. The third-order valence-corrected chi connectivity index (χ3v) is 5.07. The summed E-state index contributed by atoms with van der Waals surface area (Å²) in [4.78, 5) is 29.1. The molecular formula is C23H24N4O3. The Kier molecular flexibility index (Phi) is 5.98. The molecule has 7 nitrogen and oxygen atoms in total. The third kappa shape index (κ3) is 4.81. The minimum atomic E-state index is -0.223. The van der Waals surface area contributed by atoms with Gasteiger partial charge in [0, 0.05) is 43.1 Å². The fourth-order valence-electron chi connectivity index (χ4n) is 3.43. The summed E-state index contributed by atoms with van der Waals surface area (Å²) in [5.41, 5.74) is 2.25. The van der Waals surface area contributed by atoms with E-state index in [4.69, 9.17) is 4.42 Å². The fraction of sp³-hybridized carbons (Fsp3) is 0.217. The molecule has 1 aliphatic heterocycles. The first-order chi connectivity index (χ1) is 14.7. The summed E-state index contributed by atoms with van der Waals surface area (Å²) >= 11 is 0. The summed E-state index contributed by atoms with van der Waals surface area (Å²) in [6, 6.07) is 20.5. The van der Waals surface area contributed by atoms with Crippen molar-refractivity contribution in [2.24, 2.45) is 0 Å². The maximum absolute atomic E-state index is 12.7. The summed E-state index contributed by atoms with van der Waals surface area (Å²) in [6.07, 6.45) is 1.57. The number of carbonyl (C=O) groups excluding carboxylic acids is 2. The lowest BCUT2D eigenvalue weighted by Gasteiger charge is -2.36. The Hall–Kier alpha value is -3.74. The number of piperazine rings is 1. The van der Waals surface area contributed by atoms with Crippen molar-refractivity contribution < 1.29 is 14.0 Å². The van der Waals surface area contributed by atoms with Gasteiger partial charge in [0.25, 0.3) is 5.91 Å². The molecule has 1 aliphatic rings. The smallest absolute Gasteiger partial charge is 0.321 e. The maximum atomic E-state index is 12.7. The van der Waals surface area contributed by atoms with Crippen molar-refractivity contribution in [1.82, 2.24) is 10.2 Å². The second-order valence-electron chi connectivity index (χ2n) is 7.08. The van der Waals surface area contributed by atoms with E-state index in [-0.39, 0.29) is 11.9 Å². The molecule has 3 amide bonds. The zero-order valence-corrected chi connectivity index (χ0v) is 16.6. The minimum Gasteiger partial charge on any atom is -0.467 e. The van der Waals surface area contributed by atoms with Crippen molar-refractivity contribution >= 4 is 23.3 Å². The Bertz CT molecular complexity index is 981. The number of hydrogen-bond acceptors (Lipinski definition) is 4. The highest BCUT2D eigenvalue weighted by Gasteiger charge is 2.21. The highest BCUT2D eigenvalue weighted by molar-refractivity contribution is 5.96. The van der Waals surface area contributed by atoms with Crippen LogP contribution in [0.25, 0.3) is 0 Å². The first-order valence-corrected chi connectivity index (χ1v) is 9.95. The van der Waals surface area contributed by atoms with Crippen molar-refractivity contribution in [1.29, 1.82) is 0 Å². The quantitative estimate of drug-likeness (QED) is 0.682. The van der Waals surface area contributed by atoms with Gasteiger partial charge in [0.15, 0.2) is 0 Å². The van der Waals surface area contributed by atoms with Crippen LogP contribution in [0, 0.1) is 0 Å². The molecule has 2 N–H and O–H groups in total. The van der Waals surface area contributed by atoms with Crippen LogP contribution in [0.5, 0.6) is 0 Å². The Labute approximate surface area is 175 Å². The third-order valence-electron chi connectivity index (χ3n) is 5.07. The van der Waals surface area contributed by atoms with E-state index < -0.39 is 0 Å². The average Bonchev–Trinajstić information content (AvgIpc) is 3.32. The lowest BCUT2D eigenvalue weighted by molar-refractivity contribution is 0.0948. The second-order valence-corrected chi connectivity index (χ2v) is 7.08. The highest BCUT2D eigenvalue weighted by atomic mass is 16.3. The zero-order chi connectivity index (χ0) is 20.8. The molecule has 154 valence electrons. The van der Waals surface area contributed by atoms with E-state index in [1.54, 1.807) is 47.6 Å². The van der Waals surface area contributed by atoms with Gasteiger partial charge in [-0.05, 0) is 42.5 Å². The Morgan fingerprint density at radius 2 is 1.70 bits per heavy atom. The lowest BCUT2D eigenvalue weighted by Crippen LogP contribution is -2.50. The van der Waals surface area contributed by atoms with Gasteiger partial charge in [-0.15, -0.1) is 0 Å². The average molecular weight is 404 g/mol. The van der Waals surface area contributed by atoms with Gasteiger partial charge in [0.1, 0.15) is 5.76 Å². The number of amides is 3. The molecular weight excluding hydrogens is 380 g/mol. The molecule has 4 rings (SSSR count). The van der Waals surface area contributed by atoms with Gasteiger partial charge in [0.05, 0.1) is 12.8 Å². The molecule has 1 fully saturated rings. The number of furan rings is 1. The Balaban J connectivity index is 1.30. The van der Waals surface area contributed by atoms with Gasteiger partial charge in [-0.2, -0.15) is 0 Å². The number of hydrogen-bond donors (Lipinski definition) is 2. The number of carbonyl (C=O) groups is 2. The van der Waals surface area contributed by atoms with Crippen LogP contribution in [0.2, 0.25) is 0 Å². The lowest BCUT2D eigenvalue weighted by atomic mass is 10.2. The molecule has 0 spiro atoms. The maximum Gasteiger partial charge on any atom is 0.321 e. The van der Waals surface area contributed by atoms with E-state index in [2.05, 4.69) is 27.7 Å². The molecule has 0 aliphatic carbocycles. The standard InChI is InChI=1S/C23H24N4O3/c28-22(24-17-21-10-5-15-30-21)18-6-4-7-19(16-18)25-23(29)27-13-11-26(12-14-27)20-8-2-1-3-9-20/h1-10,15-16H,11-14,17H2,(H,24,28)(H,25,29). The number of nitrogens with one attached hydrogen (secondary N) is 2. The van der Waals surface area contributed by atoms with Gasteiger partial charge in [-0.1, -0.05) is 24.3 Å². The molecule has 1 aromatic heterocycles. The molecule has 1 saturated heterocycles. The highest BCUT2D eigenvalue weighted by Crippen LogP contribution is 2.17. The Morgan fingerprint density at radius 1 is 0.900 bits per heavy atom. The van der Waals surface area contributed by atoms with Gasteiger partial charge < -0.3 is 24.9 Å². The normalized spacial score (nSPS) is 13.7. The summed E-state index contributed by atoms with van der Waals surface area (Å²) in [5, 5.41) is 5.71. The number of para-hydroxylation sites is 1. The number of nitrogens with zero attached hydrogens (tertiary/aromatic N) is 2. The molecule has 0 bridgehead atoms. The molecule has 7 heteroatoms. The number of rotatable bonds is 5. The van der Waals surface area contributed by atoms with Gasteiger partial charge in [-0.3, -0.25) is 4.79 Å². The molecule has 2 aromatic carbocycles. The van der Waals surface area contributed by atoms with Crippen LogP contribution in [0.4, 0.5) is 16.2 Å². The summed E-state index contributed by atoms with van der Waals surface area (Å²) < 4.78 is 5.22. The van der Waals surface area contributed by atoms with Crippen LogP contribution in [0.15, 0.2) is 77.4 Å². The van der Waals surface area contributed by atoms with Gasteiger partial charge in [-0.25, -0.2) is 4.79 Å². The van der Waals surface area contributed by atoms with Crippen molar-refractivity contribution in [3.8, 4) is 0 Å². The number of urea groups is 1. The summed E-state index contributed by atoms with van der Waals surface area (Å²) in [6.45, 7) is 3.17. The van der Waals surface area contributed by atoms with Gasteiger partial charge in [0.2, 0.25) is 0 Å². The predicted molar refractivity (Wildman–Crippen MR) is 116 cm³/mol. The van der Waals surface area contributed by atoms with Gasteiger partial charge >= 0.3 is 6.03 Å². The first-order valence-electron chi connectivity index (χ1n) is 9.95.